The van der Waals surface area contributed by atoms with Crippen LogP contribution < -0.4 is 9.64 Å². The van der Waals surface area contributed by atoms with Crippen LogP contribution in [0.15, 0.2) is 6.33 Å². The summed E-state index contributed by atoms with van der Waals surface area (Å²) in [6, 6.07) is 0. The van der Waals surface area contributed by atoms with Gasteiger partial charge in [-0.25, -0.2) is 14.8 Å². The second-order valence-electron chi connectivity index (χ2n) is 5.15. The van der Waals surface area contributed by atoms with Gasteiger partial charge in [-0.2, -0.15) is 0 Å². The van der Waals surface area contributed by atoms with Crippen molar-refractivity contribution in [2.24, 2.45) is 0 Å². The Labute approximate surface area is 116 Å². The lowest BCUT2D eigenvalue weighted by Crippen LogP contribution is -2.37. The molecule has 0 saturated heterocycles. The van der Waals surface area contributed by atoms with E-state index >= 15 is 0 Å². The molecule has 0 radical (unpaired) electrons. The molecule has 0 aromatic carbocycles. The lowest BCUT2D eigenvalue weighted by Gasteiger charge is -2.26. The zero-order chi connectivity index (χ0) is 14.0. The summed E-state index contributed by atoms with van der Waals surface area (Å²) in [5.41, 5.74) is -0.568. The molecule has 104 valence electrons. The van der Waals surface area contributed by atoms with E-state index in [0.717, 1.165) is 0 Å². The highest BCUT2D eigenvalue weighted by atomic mass is 35.5. The van der Waals surface area contributed by atoms with Gasteiger partial charge >= 0.3 is 6.09 Å². The van der Waals surface area contributed by atoms with Crippen molar-refractivity contribution >= 4 is 23.5 Å². The standard InChI is InChI=1S/C12H16ClN3O3/c1-12(2,3)19-11(17)16-5-4-6-18-8-9(13)14-7-15-10(8)16/h7H,4-6H2,1-3H3. The number of anilines is 1. The lowest BCUT2D eigenvalue weighted by molar-refractivity contribution is 0.0579. The van der Waals surface area contributed by atoms with Crippen molar-refractivity contribution in [2.75, 3.05) is 18.1 Å². The third-order valence-electron chi connectivity index (χ3n) is 2.38. The van der Waals surface area contributed by atoms with E-state index in [-0.39, 0.29) is 5.15 Å². The summed E-state index contributed by atoms with van der Waals surface area (Å²) in [7, 11) is 0. The number of nitrogens with zero attached hydrogens (tertiary/aromatic N) is 3. The van der Waals surface area contributed by atoms with Crippen LogP contribution >= 0.6 is 11.6 Å². The normalized spacial score (nSPS) is 15.3. The van der Waals surface area contributed by atoms with Crippen molar-refractivity contribution in [2.45, 2.75) is 32.8 Å². The van der Waals surface area contributed by atoms with Gasteiger partial charge in [0.1, 0.15) is 11.9 Å². The Morgan fingerprint density at radius 3 is 2.89 bits per heavy atom. The summed E-state index contributed by atoms with van der Waals surface area (Å²) >= 11 is 5.96. The Morgan fingerprint density at radius 2 is 2.21 bits per heavy atom. The molecule has 1 amide bonds. The average Bonchev–Trinajstić information content (AvgIpc) is 2.50. The Hall–Kier alpha value is -1.56. The molecule has 1 aliphatic heterocycles. The van der Waals surface area contributed by atoms with Crippen molar-refractivity contribution in [3.63, 3.8) is 0 Å². The zero-order valence-electron chi connectivity index (χ0n) is 11.1. The molecule has 0 aliphatic carbocycles. The lowest BCUT2D eigenvalue weighted by atomic mass is 10.2. The first kappa shape index (κ1) is 13.9. The molecule has 1 aromatic heterocycles. The molecule has 19 heavy (non-hydrogen) atoms. The number of hydrogen-bond acceptors (Lipinski definition) is 5. The molecule has 0 N–H and O–H groups in total. The van der Waals surface area contributed by atoms with E-state index in [1.807, 2.05) is 20.8 Å². The summed E-state index contributed by atoms with van der Waals surface area (Å²) < 4.78 is 10.8. The Kier molecular flexibility index (Phi) is 3.80. The molecule has 0 fully saturated rings. The second-order valence-corrected chi connectivity index (χ2v) is 5.51. The molecule has 1 aromatic rings. The highest BCUT2D eigenvalue weighted by Gasteiger charge is 2.29. The fraction of sp³-hybridized carbons (Fsp3) is 0.583. The first-order valence-electron chi connectivity index (χ1n) is 6.02. The maximum Gasteiger partial charge on any atom is 0.416 e. The summed E-state index contributed by atoms with van der Waals surface area (Å²) in [6.07, 6.45) is 1.51. The highest BCUT2D eigenvalue weighted by molar-refractivity contribution is 6.31. The molecular formula is C12H16ClN3O3. The van der Waals surface area contributed by atoms with Gasteiger partial charge in [0.2, 0.25) is 0 Å². The van der Waals surface area contributed by atoms with Crippen molar-refractivity contribution in [3.8, 4) is 5.75 Å². The fourth-order valence-electron chi connectivity index (χ4n) is 1.66. The fourth-order valence-corrected chi connectivity index (χ4v) is 1.84. The van der Waals surface area contributed by atoms with Crippen LogP contribution in [0.1, 0.15) is 27.2 Å². The minimum absolute atomic E-state index is 0.195. The number of carbonyl (C=O) groups is 1. The average molecular weight is 286 g/mol. The molecule has 2 heterocycles. The highest BCUT2D eigenvalue weighted by Crippen LogP contribution is 2.34. The molecule has 1 aliphatic rings. The van der Waals surface area contributed by atoms with Crippen LogP contribution in [0, 0.1) is 0 Å². The molecule has 0 unspecified atom stereocenters. The Bertz CT molecular complexity index is 488. The van der Waals surface area contributed by atoms with Gasteiger partial charge in [-0.05, 0) is 27.2 Å². The number of aromatic nitrogens is 2. The van der Waals surface area contributed by atoms with Crippen molar-refractivity contribution < 1.29 is 14.3 Å². The van der Waals surface area contributed by atoms with E-state index in [9.17, 15) is 4.79 Å². The van der Waals surface area contributed by atoms with Crippen molar-refractivity contribution in [3.05, 3.63) is 11.5 Å². The van der Waals surface area contributed by atoms with Gasteiger partial charge in [-0.1, -0.05) is 11.6 Å². The van der Waals surface area contributed by atoms with E-state index < -0.39 is 11.7 Å². The second kappa shape index (κ2) is 5.21. The van der Waals surface area contributed by atoms with Crippen LogP contribution in [0.3, 0.4) is 0 Å². The third-order valence-corrected chi connectivity index (χ3v) is 2.65. The third kappa shape index (κ3) is 3.26. The van der Waals surface area contributed by atoms with Gasteiger partial charge in [-0.15, -0.1) is 0 Å². The van der Waals surface area contributed by atoms with Crippen molar-refractivity contribution in [1.82, 2.24) is 9.97 Å². The number of hydrogen-bond donors (Lipinski definition) is 0. The van der Waals surface area contributed by atoms with E-state index in [4.69, 9.17) is 21.1 Å². The number of rotatable bonds is 0. The van der Waals surface area contributed by atoms with Crippen molar-refractivity contribution in [1.29, 1.82) is 0 Å². The van der Waals surface area contributed by atoms with Crippen LogP contribution in [0.5, 0.6) is 5.75 Å². The largest absolute Gasteiger partial charge is 0.487 e. The minimum atomic E-state index is -0.568. The smallest absolute Gasteiger partial charge is 0.416 e. The van der Waals surface area contributed by atoms with Gasteiger partial charge < -0.3 is 9.47 Å². The summed E-state index contributed by atoms with van der Waals surface area (Å²) in [5, 5.41) is 0.195. The first-order chi connectivity index (χ1) is 8.88. The maximum absolute atomic E-state index is 12.2. The molecule has 7 heteroatoms. The van der Waals surface area contributed by atoms with Crippen LogP contribution in [0.2, 0.25) is 5.15 Å². The van der Waals surface area contributed by atoms with Crippen LogP contribution in [-0.2, 0) is 4.74 Å². The van der Waals surface area contributed by atoms with E-state index in [1.54, 1.807) is 0 Å². The number of amides is 1. The maximum atomic E-state index is 12.2. The number of fused-ring (bicyclic) bond motifs is 1. The van der Waals surface area contributed by atoms with Crippen LogP contribution in [0.4, 0.5) is 10.6 Å². The first-order valence-corrected chi connectivity index (χ1v) is 6.40. The molecule has 0 spiro atoms. The molecular weight excluding hydrogens is 270 g/mol. The summed E-state index contributed by atoms with van der Waals surface area (Å²) in [4.78, 5) is 21.5. The number of carbonyl (C=O) groups excluding carboxylic acids is 1. The van der Waals surface area contributed by atoms with E-state index in [1.165, 1.54) is 11.2 Å². The summed E-state index contributed by atoms with van der Waals surface area (Å²) in [6.45, 7) is 6.36. The molecule has 2 rings (SSSR count). The topological polar surface area (TPSA) is 64.5 Å². The minimum Gasteiger partial charge on any atom is -0.487 e. The number of ether oxygens (including phenoxy) is 2. The zero-order valence-corrected chi connectivity index (χ0v) is 11.9. The van der Waals surface area contributed by atoms with Gasteiger partial charge in [0.15, 0.2) is 16.7 Å². The van der Waals surface area contributed by atoms with Gasteiger partial charge in [0, 0.05) is 6.54 Å². The number of halogens is 1. The molecule has 0 saturated carbocycles. The van der Waals surface area contributed by atoms with E-state index in [0.29, 0.717) is 31.1 Å². The van der Waals surface area contributed by atoms with Gasteiger partial charge in [0.25, 0.3) is 0 Å². The van der Waals surface area contributed by atoms with Crippen LogP contribution in [0.25, 0.3) is 0 Å². The van der Waals surface area contributed by atoms with Gasteiger partial charge in [0.05, 0.1) is 6.61 Å². The SMILES string of the molecule is CC(C)(C)OC(=O)N1CCCOc2c(Cl)ncnc21. The Morgan fingerprint density at radius 1 is 1.47 bits per heavy atom. The molecule has 6 nitrogen and oxygen atoms in total. The van der Waals surface area contributed by atoms with Gasteiger partial charge in [-0.3, -0.25) is 4.90 Å². The molecule has 0 atom stereocenters. The Balaban J connectivity index is 2.32. The quantitative estimate of drug-likeness (QED) is 0.686. The van der Waals surface area contributed by atoms with Crippen LogP contribution in [-0.4, -0.2) is 34.8 Å². The van der Waals surface area contributed by atoms with E-state index in [2.05, 4.69) is 9.97 Å². The molecule has 0 bridgehead atoms. The predicted octanol–water partition coefficient (Wildman–Crippen LogP) is 2.65. The monoisotopic (exact) mass is 285 g/mol. The summed E-state index contributed by atoms with van der Waals surface area (Å²) in [5.74, 6) is 0.680. The predicted molar refractivity (Wildman–Crippen MR) is 70.7 cm³/mol.